The van der Waals surface area contributed by atoms with Gasteiger partial charge in [-0.25, -0.2) is 0 Å². The molecule has 2 N–H and O–H groups in total. The maximum Gasteiger partial charge on any atom is 0.229 e. The van der Waals surface area contributed by atoms with E-state index < -0.39 is 5.41 Å². The fraction of sp³-hybridized carbons (Fsp3) is 0.258. The van der Waals surface area contributed by atoms with Crippen LogP contribution in [-0.4, -0.2) is 27.7 Å². The summed E-state index contributed by atoms with van der Waals surface area (Å²) in [6.45, 7) is 7.61. The van der Waals surface area contributed by atoms with Gasteiger partial charge in [0.2, 0.25) is 5.91 Å². The molecule has 2 unspecified atom stereocenters. The standard InChI is InChI=1S/C31H32ClN5O2S/c1-19-17-20(11-13-22(19)32)36-16-8-10-25(36)28-27(24-9-6-7-15-33-24)35-30(40)37(28)21-12-14-23(26(18-21)39-5)34-29(38)31(2,3)4/h6-18,27-28H,1-5H3,(H,34,38)(H,35,40). The molecule has 2 aromatic heterocycles. The molecule has 0 bridgehead atoms. The lowest BCUT2D eigenvalue weighted by Crippen LogP contribution is -2.30. The van der Waals surface area contributed by atoms with Gasteiger partial charge in [-0.3, -0.25) is 9.78 Å². The van der Waals surface area contributed by atoms with Crippen LogP contribution >= 0.6 is 23.8 Å². The van der Waals surface area contributed by atoms with E-state index in [9.17, 15) is 4.79 Å². The molecule has 9 heteroatoms. The first-order valence-electron chi connectivity index (χ1n) is 13.0. The van der Waals surface area contributed by atoms with E-state index in [0.717, 1.165) is 33.3 Å². The average molecular weight is 574 g/mol. The summed E-state index contributed by atoms with van der Waals surface area (Å²) in [6.07, 6.45) is 3.83. The predicted octanol–water partition coefficient (Wildman–Crippen LogP) is 7.00. The Bertz CT molecular complexity index is 1560. The van der Waals surface area contributed by atoms with Crippen LogP contribution in [0.1, 0.15) is 49.8 Å². The van der Waals surface area contributed by atoms with E-state index in [4.69, 9.17) is 28.6 Å². The normalized spacial score (nSPS) is 17.1. The molecule has 2 aromatic carbocycles. The number of carbonyl (C=O) groups excluding carboxylic acids is 1. The third kappa shape index (κ3) is 5.29. The summed E-state index contributed by atoms with van der Waals surface area (Å²) in [6, 6.07) is 21.2. The largest absolute Gasteiger partial charge is 0.494 e. The molecule has 4 aromatic rings. The van der Waals surface area contributed by atoms with Crippen molar-refractivity contribution in [3.8, 4) is 11.4 Å². The van der Waals surface area contributed by atoms with Crippen LogP contribution < -0.4 is 20.3 Å². The van der Waals surface area contributed by atoms with Gasteiger partial charge in [-0.2, -0.15) is 0 Å². The Morgan fingerprint density at radius 3 is 2.52 bits per heavy atom. The van der Waals surface area contributed by atoms with E-state index in [1.165, 1.54) is 0 Å². The third-order valence-corrected chi connectivity index (χ3v) is 7.73. The number of pyridine rings is 1. The molecule has 0 saturated carbocycles. The highest BCUT2D eigenvalue weighted by Crippen LogP contribution is 2.44. The first-order chi connectivity index (χ1) is 19.1. The topological polar surface area (TPSA) is 71.4 Å². The molecular weight excluding hydrogens is 542 g/mol. The van der Waals surface area contributed by atoms with E-state index in [1.54, 1.807) is 13.3 Å². The molecule has 0 aliphatic carbocycles. The number of carbonyl (C=O) groups is 1. The van der Waals surface area contributed by atoms with Gasteiger partial charge in [0.05, 0.1) is 24.5 Å². The van der Waals surface area contributed by atoms with E-state index in [2.05, 4.69) is 37.2 Å². The Hall–Kier alpha value is -3.88. The average Bonchev–Trinajstić information content (AvgIpc) is 3.54. The minimum atomic E-state index is -0.545. The second-order valence-corrected chi connectivity index (χ2v) is 11.6. The van der Waals surface area contributed by atoms with E-state index in [-0.39, 0.29) is 18.0 Å². The van der Waals surface area contributed by atoms with E-state index >= 15 is 0 Å². The van der Waals surface area contributed by atoms with Gasteiger partial charge < -0.3 is 24.8 Å². The van der Waals surface area contributed by atoms with Gasteiger partial charge in [-0.05, 0) is 79.3 Å². The minimum absolute atomic E-state index is 0.0962. The van der Waals surface area contributed by atoms with Crippen molar-refractivity contribution in [3.05, 3.63) is 101 Å². The van der Waals surface area contributed by atoms with E-state index in [0.29, 0.717) is 16.5 Å². The van der Waals surface area contributed by atoms with Crippen molar-refractivity contribution in [1.29, 1.82) is 0 Å². The van der Waals surface area contributed by atoms with Gasteiger partial charge in [-0.15, -0.1) is 0 Å². The maximum atomic E-state index is 12.7. The first-order valence-corrected chi connectivity index (χ1v) is 13.8. The van der Waals surface area contributed by atoms with E-state index in [1.807, 2.05) is 88.5 Å². The molecule has 40 heavy (non-hydrogen) atoms. The number of nitrogens with one attached hydrogen (secondary N) is 2. The summed E-state index contributed by atoms with van der Waals surface area (Å²) < 4.78 is 7.87. The predicted molar refractivity (Wildman–Crippen MR) is 165 cm³/mol. The van der Waals surface area contributed by atoms with Gasteiger partial charge in [0.1, 0.15) is 11.8 Å². The maximum absolute atomic E-state index is 12.7. The van der Waals surface area contributed by atoms with Gasteiger partial charge in [0.25, 0.3) is 0 Å². The Morgan fingerprint density at radius 1 is 1.07 bits per heavy atom. The molecule has 1 aliphatic heterocycles. The summed E-state index contributed by atoms with van der Waals surface area (Å²) >= 11 is 12.3. The van der Waals surface area contributed by atoms with Crippen LogP contribution in [0.15, 0.2) is 79.1 Å². The number of hydrogen-bond acceptors (Lipinski definition) is 4. The number of methoxy groups -OCH3 is 1. The van der Waals surface area contributed by atoms with Gasteiger partial charge in [0, 0.05) is 46.0 Å². The number of rotatable bonds is 6. The van der Waals surface area contributed by atoms with Crippen molar-refractivity contribution in [2.45, 2.75) is 39.8 Å². The molecule has 1 fully saturated rings. The summed E-state index contributed by atoms with van der Waals surface area (Å²) in [5, 5.41) is 7.78. The molecule has 2 atom stereocenters. The number of nitrogens with zero attached hydrogens (tertiary/aromatic N) is 3. The third-order valence-electron chi connectivity index (χ3n) is 6.99. The van der Waals surface area contributed by atoms with Gasteiger partial charge in [0.15, 0.2) is 5.11 Å². The molecule has 1 aliphatic rings. The monoisotopic (exact) mass is 573 g/mol. The highest BCUT2D eigenvalue weighted by atomic mass is 35.5. The van der Waals surface area contributed by atoms with Crippen molar-refractivity contribution < 1.29 is 9.53 Å². The molecular formula is C31H32ClN5O2S. The molecule has 7 nitrogen and oxygen atoms in total. The van der Waals surface area contributed by atoms with Crippen LogP contribution in [0.3, 0.4) is 0 Å². The number of hydrogen-bond donors (Lipinski definition) is 2. The Balaban J connectivity index is 1.61. The fourth-order valence-electron chi connectivity index (χ4n) is 4.83. The summed E-state index contributed by atoms with van der Waals surface area (Å²) in [4.78, 5) is 19.4. The summed E-state index contributed by atoms with van der Waals surface area (Å²) in [5.74, 6) is 0.447. The number of ether oxygens (including phenoxy) is 1. The Labute approximate surface area is 245 Å². The van der Waals surface area contributed by atoms with Crippen molar-refractivity contribution in [3.63, 3.8) is 0 Å². The zero-order valence-corrected chi connectivity index (χ0v) is 24.7. The van der Waals surface area contributed by atoms with Gasteiger partial charge in [-0.1, -0.05) is 38.4 Å². The van der Waals surface area contributed by atoms with Crippen molar-refractivity contribution >= 4 is 46.2 Å². The quantitative estimate of drug-likeness (QED) is 0.242. The van der Waals surface area contributed by atoms with Crippen molar-refractivity contribution in [2.24, 2.45) is 5.41 Å². The molecule has 206 valence electrons. The summed E-state index contributed by atoms with van der Waals surface area (Å²) in [7, 11) is 1.59. The number of thiocarbonyl (C=S) groups is 1. The highest BCUT2D eigenvalue weighted by Gasteiger charge is 2.42. The zero-order valence-electron chi connectivity index (χ0n) is 23.1. The lowest BCUT2D eigenvalue weighted by Gasteiger charge is -2.29. The van der Waals surface area contributed by atoms with Crippen LogP contribution in [0.2, 0.25) is 5.02 Å². The van der Waals surface area contributed by atoms with Crippen LogP contribution in [0.5, 0.6) is 5.75 Å². The zero-order chi connectivity index (χ0) is 28.6. The number of aromatic nitrogens is 2. The highest BCUT2D eigenvalue weighted by molar-refractivity contribution is 7.80. The molecule has 1 amide bonds. The first kappa shape index (κ1) is 27.7. The molecule has 5 rings (SSSR count). The van der Waals surface area contributed by atoms with Crippen LogP contribution in [0.25, 0.3) is 5.69 Å². The number of amides is 1. The van der Waals surface area contributed by atoms with Crippen LogP contribution in [0, 0.1) is 12.3 Å². The lowest BCUT2D eigenvalue weighted by molar-refractivity contribution is -0.123. The second-order valence-electron chi connectivity index (χ2n) is 10.8. The smallest absolute Gasteiger partial charge is 0.229 e. The number of aryl methyl sites for hydroxylation is 1. The molecule has 0 spiro atoms. The lowest BCUT2D eigenvalue weighted by atomic mass is 9.95. The fourth-order valence-corrected chi connectivity index (χ4v) is 5.29. The molecule has 1 saturated heterocycles. The minimum Gasteiger partial charge on any atom is -0.494 e. The van der Waals surface area contributed by atoms with Crippen LogP contribution in [0.4, 0.5) is 11.4 Å². The van der Waals surface area contributed by atoms with Crippen LogP contribution in [-0.2, 0) is 4.79 Å². The SMILES string of the molecule is COc1cc(N2C(=S)NC(c3ccccn3)C2c2cccn2-c2ccc(Cl)c(C)c2)ccc1NC(=O)C(C)(C)C. The Morgan fingerprint density at radius 2 is 1.85 bits per heavy atom. The molecule has 0 radical (unpaired) electrons. The number of halogens is 1. The molecule has 3 heterocycles. The van der Waals surface area contributed by atoms with Crippen molar-refractivity contribution in [2.75, 3.05) is 17.3 Å². The summed E-state index contributed by atoms with van der Waals surface area (Å²) in [5.41, 5.74) is 4.77. The van der Waals surface area contributed by atoms with Crippen molar-refractivity contribution in [1.82, 2.24) is 14.9 Å². The number of benzene rings is 2. The Kier molecular flexibility index (Phi) is 7.57. The number of anilines is 2. The second kappa shape index (κ2) is 10.9. The van der Waals surface area contributed by atoms with Gasteiger partial charge >= 0.3 is 0 Å².